The van der Waals surface area contributed by atoms with Gasteiger partial charge < -0.3 is 0 Å². The molecule has 4 heteroatoms. The topological polar surface area (TPSA) is 47.8 Å². The smallest absolute Gasteiger partial charge is 0.184 e. The number of carbonyl (C=O) groups excluding carboxylic acids is 1. The highest BCUT2D eigenvalue weighted by molar-refractivity contribution is 5.96. The van der Waals surface area contributed by atoms with E-state index in [4.69, 9.17) is 4.98 Å². The molecule has 4 aromatic rings. The van der Waals surface area contributed by atoms with Gasteiger partial charge >= 0.3 is 0 Å². The molecule has 0 aliphatic carbocycles. The summed E-state index contributed by atoms with van der Waals surface area (Å²) in [6.07, 6.45) is 0. The summed E-state index contributed by atoms with van der Waals surface area (Å²) in [7, 11) is 0. The van der Waals surface area contributed by atoms with Crippen molar-refractivity contribution in [3.63, 3.8) is 0 Å². The molecule has 3 aromatic carbocycles. The van der Waals surface area contributed by atoms with E-state index in [1.165, 1.54) is 0 Å². The van der Waals surface area contributed by atoms with Crippen LogP contribution >= 0.6 is 0 Å². The molecule has 0 fully saturated rings. The van der Waals surface area contributed by atoms with Crippen LogP contribution in [-0.4, -0.2) is 20.5 Å². The monoisotopic (exact) mass is 339 g/mol. The van der Waals surface area contributed by atoms with Gasteiger partial charge in [-0.25, -0.2) is 9.67 Å². The summed E-state index contributed by atoms with van der Waals surface area (Å²) in [6.45, 7) is 0.147. The molecule has 0 N–H and O–H groups in total. The SMILES string of the molecule is O=C(Cn1nc(-c2ccccc2)nc1-c1ccccc1)c1ccccc1. The predicted octanol–water partition coefficient (Wildman–Crippen LogP) is 4.50. The lowest BCUT2D eigenvalue weighted by Gasteiger charge is -2.05. The Morgan fingerprint density at radius 2 is 1.27 bits per heavy atom. The van der Waals surface area contributed by atoms with Crippen molar-refractivity contribution in [2.45, 2.75) is 6.54 Å². The molecule has 0 spiro atoms. The third-order valence-electron chi connectivity index (χ3n) is 4.12. The Kier molecular flexibility index (Phi) is 4.39. The first-order chi connectivity index (χ1) is 12.8. The van der Waals surface area contributed by atoms with E-state index in [-0.39, 0.29) is 12.3 Å². The number of rotatable bonds is 5. The molecule has 1 aromatic heterocycles. The first-order valence-electron chi connectivity index (χ1n) is 8.45. The Morgan fingerprint density at radius 1 is 0.731 bits per heavy atom. The Labute approximate surface area is 151 Å². The molecule has 0 bridgehead atoms. The van der Waals surface area contributed by atoms with Crippen LogP contribution in [0.4, 0.5) is 0 Å². The van der Waals surface area contributed by atoms with Crippen LogP contribution in [0.2, 0.25) is 0 Å². The van der Waals surface area contributed by atoms with E-state index in [9.17, 15) is 4.79 Å². The fraction of sp³-hybridized carbons (Fsp3) is 0.0455. The number of benzene rings is 3. The van der Waals surface area contributed by atoms with Gasteiger partial charge in [0.05, 0.1) is 0 Å². The van der Waals surface area contributed by atoms with Crippen molar-refractivity contribution in [1.29, 1.82) is 0 Å². The second-order valence-electron chi connectivity index (χ2n) is 5.94. The minimum absolute atomic E-state index is 0.00675. The number of aromatic nitrogens is 3. The molecule has 26 heavy (non-hydrogen) atoms. The molecule has 4 rings (SSSR count). The average molecular weight is 339 g/mol. The normalized spacial score (nSPS) is 10.6. The van der Waals surface area contributed by atoms with Crippen molar-refractivity contribution < 1.29 is 4.79 Å². The maximum atomic E-state index is 12.7. The third kappa shape index (κ3) is 3.30. The quantitative estimate of drug-likeness (QED) is 0.503. The fourth-order valence-electron chi connectivity index (χ4n) is 2.81. The van der Waals surface area contributed by atoms with Gasteiger partial charge in [0.1, 0.15) is 6.54 Å². The molecule has 0 amide bonds. The van der Waals surface area contributed by atoms with Gasteiger partial charge in [0.25, 0.3) is 0 Å². The molecule has 0 saturated heterocycles. The molecule has 0 aliphatic rings. The molecular weight excluding hydrogens is 322 g/mol. The van der Waals surface area contributed by atoms with Gasteiger partial charge in [0, 0.05) is 16.7 Å². The number of Topliss-reactive ketones (excluding diaryl/α,β-unsaturated/α-hetero) is 1. The van der Waals surface area contributed by atoms with E-state index in [2.05, 4.69) is 5.10 Å². The summed E-state index contributed by atoms with van der Waals surface area (Å²) in [5, 5.41) is 4.61. The summed E-state index contributed by atoms with van der Waals surface area (Å²) < 4.78 is 1.69. The number of nitrogens with zero attached hydrogens (tertiary/aromatic N) is 3. The minimum atomic E-state index is 0.00675. The first-order valence-corrected chi connectivity index (χ1v) is 8.45. The second-order valence-corrected chi connectivity index (χ2v) is 5.94. The lowest BCUT2D eigenvalue weighted by molar-refractivity contribution is 0.0968. The molecule has 126 valence electrons. The van der Waals surface area contributed by atoms with Crippen molar-refractivity contribution in [3.8, 4) is 22.8 Å². The van der Waals surface area contributed by atoms with Crippen LogP contribution in [0, 0.1) is 0 Å². The predicted molar refractivity (Wildman–Crippen MR) is 102 cm³/mol. The van der Waals surface area contributed by atoms with E-state index >= 15 is 0 Å². The number of ketones is 1. The van der Waals surface area contributed by atoms with E-state index in [1.807, 2.05) is 91.0 Å². The highest BCUT2D eigenvalue weighted by atomic mass is 16.1. The van der Waals surface area contributed by atoms with Crippen LogP contribution in [-0.2, 0) is 6.54 Å². The molecule has 0 atom stereocenters. The van der Waals surface area contributed by atoms with Crippen molar-refractivity contribution in [2.24, 2.45) is 0 Å². The van der Waals surface area contributed by atoms with Crippen molar-refractivity contribution in [3.05, 3.63) is 96.6 Å². The Morgan fingerprint density at radius 3 is 1.88 bits per heavy atom. The highest BCUT2D eigenvalue weighted by Crippen LogP contribution is 2.22. The maximum Gasteiger partial charge on any atom is 0.184 e. The van der Waals surface area contributed by atoms with Gasteiger partial charge in [-0.05, 0) is 0 Å². The van der Waals surface area contributed by atoms with Gasteiger partial charge in [-0.2, -0.15) is 0 Å². The van der Waals surface area contributed by atoms with Crippen molar-refractivity contribution in [2.75, 3.05) is 0 Å². The summed E-state index contributed by atoms with van der Waals surface area (Å²) >= 11 is 0. The molecule has 0 saturated carbocycles. The molecular formula is C22H17N3O. The van der Waals surface area contributed by atoms with Crippen LogP contribution in [0.1, 0.15) is 10.4 Å². The molecule has 0 aliphatic heterocycles. The van der Waals surface area contributed by atoms with Crippen molar-refractivity contribution >= 4 is 5.78 Å². The molecule has 0 unspecified atom stereocenters. The summed E-state index contributed by atoms with van der Waals surface area (Å²) in [4.78, 5) is 17.4. The Hall–Kier alpha value is -3.53. The zero-order valence-corrected chi connectivity index (χ0v) is 14.1. The van der Waals surface area contributed by atoms with Gasteiger partial charge in [-0.1, -0.05) is 91.0 Å². The second kappa shape index (κ2) is 7.15. The Balaban J connectivity index is 1.75. The van der Waals surface area contributed by atoms with Crippen molar-refractivity contribution in [1.82, 2.24) is 14.8 Å². The largest absolute Gasteiger partial charge is 0.292 e. The standard InChI is InChI=1S/C22H17N3O/c26-20(17-10-4-1-5-11-17)16-25-22(19-14-8-3-9-15-19)23-21(24-25)18-12-6-2-7-13-18/h1-15H,16H2. The third-order valence-corrected chi connectivity index (χ3v) is 4.12. The Bertz CT molecular complexity index is 1010. The van der Waals surface area contributed by atoms with E-state index in [1.54, 1.807) is 4.68 Å². The molecule has 1 heterocycles. The maximum absolute atomic E-state index is 12.7. The first kappa shape index (κ1) is 16.0. The zero-order valence-electron chi connectivity index (χ0n) is 14.1. The van der Waals surface area contributed by atoms with Gasteiger partial charge in [-0.3, -0.25) is 4.79 Å². The van der Waals surface area contributed by atoms with Crippen LogP contribution in [0.3, 0.4) is 0 Å². The fourth-order valence-corrected chi connectivity index (χ4v) is 2.81. The van der Waals surface area contributed by atoms with Gasteiger partial charge in [0.2, 0.25) is 0 Å². The summed E-state index contributed by atoms with van der Waals surface area (Å²) in [6, 6.07) is 28.9. The van der Waals surface area contributed by atoms with Gasteiger partial charge in [-0.15, -0.1) is 5.10 Å². The van der Waals surface area contributed by atoms with Crippen LogP contribution in [0.15, 0.2) is 91.0 Å². The van der Waals surface area contributed by atoms with E-state index in [0.717, 1.165) is 11.1 Å². The number of carbonyl (C=O) groups is 1. The highest BCUT2D eigenvalue weighted by Gasteiger charge is 2.16. The zero-order chi connectivity index (χ0) is 17.8. The molecule has 0 radical (unpaired) electrons. The summed E-state index contributed by atoms with van der Waals surface area (Å²) in [5.41, 5.74) is 2.53. The summed E-state index contributed by atoms with van der Waals surface area (Å²) in [5.74, 6) is 1.31. The lowest BCUT2D eigenvalue weighted by Crippen LogP contribution is -2.13. The average Bonchev–Trinajstić information content (AvgIpc) is 3.14. The number of hydrogen-bond donors (Lipinski definition) is 0. The van der Waals surface area contributed by atoms with Crippen LogP contribution < -0.4 is 0 Å². The number of hydrogen-bond acceptors (Lipinski definition) is 3. The minimum Gasteiger partial charge on any atom is -0.292 e. The van der Waals surface area contributed by atoms with Crippen LogP contribution in [0.5, 0.6) is 0 Å². The lowest BCUT2D eigenvalue weighted by atomic mass is 10.1. The van der Waals surface area contributed by atoms with Crippen LogP contribution in [0.25, 0.3) is 22.8 Å². The molecule has 4 nitrogen and oxygen atoms in total. The van der Waals surface area contributed by atoms with E-state index in [0.29, 0.717) is 17.2 Å². The van der Waals surface area contributed by atoms with E-state index < -0.39 is 0 Å². The van der Waals surface area contributed by atoms with Gasteiger partial charge in [0.15, 0.2) is 17.4 Å².